The Bertz CT molecular complexity index is 841. The maximum absolute atomic E-state index is 13.2. The fourth-order valence-electron chi connectivity index (χ4n) is 2.09. The first kappa shape index (κ1) is 13.2. The van der Waals surface area contributed by atoms with Crippen LogP contribution in [0.3, 0.4) is 0 Å². The van der Waals surface area contributed by atoms with Gasteiger partial charge in [-0.05, 0) is 30.7 Å². The number of hydrogen-bond acceptors (Lipinski definition) is 3. The Balaban J connectivity index is 1.91. The fourth-order valence-corrected chi connectivity index (χ4v) is 2.09. The Hall–Kier alpha value is -2.76. The summed E-state index contributed by atoms with van der Waals surface area (Å²) in [4.78, 5) is 16.4. The number of nitrogens with zero attached hydrogens (tertiary/aromatic N) is 3. The Morgan fingerprint density at radius 2 is 2.10 bits per heavy atom. The molecular formula is C15H13FN4O. The van der Waals surface area contributed by atoms with Gasteiger partial charge in [0.25, 0.3) is 5.91 Å². The maximum atomic E-state index is 13.2. The van der Waals surface area contributed by atoms with Crippen LogP contribution in [-0.4, -0.2) is 20.7 Å². The maximum Gasteiger partial charge on any atom is 0.257 e. The number of aromatic nitrogens is 3. The average molecular weight is 284 g/mol. The third-order valence-electron chi connectivity index (χ3n) is 3.28. The summed E-state index contributed by atoms with van der Waals surface area (Å²) in [6, 6.07) is 5.98. The molecule has 106 valence electrons. The van der Waals surface area contributed by atoms with Gasteiger partial charge in [-0.25, -0.2) is 9.37 Å². The lowest BCUT2D eigenvalue weighted by atomic mass is 10.1. The number of benzene rings is 1. The highest BCUT2D eigenvalue weighted by Crippen LogP contribution is 2.18. The van der Waals surface area contributed by atoms with Crippen LogP contribution in [0.25, 0.3) is 11.0 Å². The van der Waals surface area contributed by atoms with Crippen molar-refractivity contribution in [3.8, 4) is 0 Å². The van der Waals surface area contributed by atoms with Crippen LogP contribution in [0.5, 0.6) is 0 Å². The molecule has 5 nitrogen and oxygen atoms in total. The Morgan fingerprint density at radius 3 is 2.90 bits per heavy atom. The average Bonchev–Trinajstić information content (AvgIpc) is 2.84. The zero-order chi connectivity index (χ0) is 15.0. The van der Waals surface area contributed by atoms with E-state index in [1.807, 2.05) is 0 Å². The number of amides is 1. The number of halogens is 1. The van der Waals surface area contributed by atoms with Crippen LogP contribution in [0.1, 0.15) is 15.9 Å². The lowest BCUT2D eigenvalue weighted by Gasteiger charge is -2.08. The molecule has 2 aromatic heterocycles. The van der Waals surface area contributed by atoms with Crippen molar-refractivity contribution in [1.29, 1.82) is 0 Å². The number of carbonyl (C=O) groups is 1. The number of pyridine rings is 1. The van der Waals surface area contributed by atoms with E-state index in [4.69, 9.17) is 0 Å². The van der Waals surface area contributed by atoms with Gasteiger partial charge in [0.05, 0.1) is 11.8 Å². The van der Waals surface area contributed by atoms with E-state index in [1.165, 1.54) is 18.3 Å². The van der Waals surface area contributed by atoms with Gasteiger partial charge in [0.2, 0.25) is 0 Å². The molecule has 3 aromatic rings. The smallest absolute Gasteiger partial charge is 0.257 e. The molecule has 0 fully saturated rings. The Labute approximate surface area is 120 Å². The summed E-state index contributed by atoms with van der Waals surface area (Å²) in [5, 5.41) is 7.55. The molecule has 0 atom stereocenters. The highest BCUT2D eigenvalue weighted by Gasteiger charge is 2.11. The molecule has 1 aromatic carbocycles. The van der Waals surface area contributed by atoms with Gasteiger partial charge in [0.15, 0.2) is 5.65 Å². The van der Waals surface area contributed by atoms with E-state index in [0.717, 1.165) is 10.9 Å². The minimum atomic E-state index is -0.392. The molecule has 3 rings (SSSR count). The van der Waals surface area contributed by atoms with Crippen molar-refractivity contribution in [2.75, 3.05) is 5.32 Å². The van der Waals surface area contributed by atoms with Crippen molar-refractivity contribution < 1.29 is 9.18 Å². The lowest BCUT2D eigenvalue weighted by Crippen LogP contribution is -2.13. The minimum Gasteiger partial charge on any atom is -0.322 e. The van der Waals surface area contributed by atoms with E-state index in [0.29, 0.717) is 16.9 Å². The predicted molar refractivity (Wildman–Crippen MR) is 77.6 cm³/mol. The summed E-state index contributed by atoms with van der Waals surface area (Å²) >= 11 is 0. The molecule has 0 aliphatic rings. The normalized spacial score (nSPS) is 10.8. The van der Waals surface area contributed by atoms with Crippen molar-refractivity contribution in [2.45, 2.75) is 6.92 Å². The minimum absolute atomic E-state index is 0.332. The van der Waals surface area contributed by atoms with Gasteiger partial charge in [0, 0.05) is 24.3 Å². The second kappa shape index (κ2) is 4.97. The molecule has 0 radical (unpaired) electrons. The van der Waals surface area contributed by atoms with Crippen molar-refractivity contribution in [3.63, 3.8) is 0 Å². The number of hydrogen-bond donors (Lipinski definition) is 1. The molecule has 0 spiro atoms. The molecule has 0 saturated carbocycles. The van der Waals surface area contributed by atoms with Gasteiger partial charge in [-0.15, -0.1) is 0 Å². The molecule has 2 heterocycles. The first-order chi connectivity index (χ1) is 10.0. The standard InChI is InChI=1S/C15H13FN4O/c1-9-3-4-12(16)6-13(9)19-15(21)11-5-10-8-18-20(2)14(10)17-7-11/h3-8H,1-2H3,(H,19,21). The summed E-state index contributed by atoms with van der Waals surface area (Å²) in [7, 11) is 1.78. The molecule has 6 heteroatoms. The first-order valence-corrected chi connectivity index (χ1v) is 6.40. The van der Waals surface area contributed by atoms with Crippen LogP contribution < -0.4 is 5.32 Å². The molecule has 1 N–H and O–H groups in total. The van der Waals surface area contributed by atoms with Gasteiger partial charge in [-0.2, -0.15) is 5.10 Å². The Kier molecular flexibility index (Phi) is 3.13. The first-order valence-electron chi connectivity index (χ1n) is 6.40. The van der Waals surface area contributed by atoms with Gasteiger partial charge in [-0.3, -0.25) is 9.48 Å². The molecule has 0 unspecified atom stereocenters. The van der Waals surface area contributed by atoms with Gasteiger partial charge in [0.1, 0.15) is 5.82 Å². The number of aryl methyl sites for hydroxylation is 2. The highest BCUT2D eigenvalue weighted by molar-refractivity contribution is 6.05. The van der Waals surface area contributed by atoms with Crippen LogP contribution in [-0.2, 0) is 7.05 Å². The second-order valence-corrected chi connectivity index (χ2v) is 4.82. The number of rotatable bonds is 2. The summed E-state index contributed by atoms with van der Waals surface area (Å²) < 4.78 is 14.9. The third-order valence-corrected chi connectivity index (χ3v) is 3.28. The summed E-state index contributed by atoms with van der Waals surface area (Å²) in [5.74, 6) is -0.723. The van der Waals surface area contributed by atoms with Crippen LogP contribution in [0.15, 0.2) is 36.7 Å². The van der Waals surface area contributed by atoms with Gasteiger partial charge >= 0.3 is 0 Å². The van der Waals surface area contributed by atoms with Gasteiger partial charge in [-0.1, -0.05) is 6.07 Å². The SMILES string of the molecule is Cc1ccc(F)cc1NC(=O)c1cnc2c(cnn2C)c1. The second-order valence-electron chi connectivity index (χ2n) is 4.82. The lowest BCUT2D eigenvalue weighted by molar-refractivity contribution is 0.102. The fraction of sp³-hybridized carbons (Fsp3) is 0.133. The number of fused-ring (bicyclic) bond motifs is 1. The van der Waals surface area contributed by atoms with E-state index in [1.54, 1.807) is 37.0 Å². The zero-order valence-corrected chi connectivity index (χ0v) is 11.6. The number of nitrogens with one attached hydrogen (secondary N) is 1. The molecule has 0 saturated heterocycles. The van der Waals surface area contributed by atoms with E-state index in [9.17, 15) is 9.18 Å². The quantitative estimate of drug-likeness (QED) is 0.787. The number of anilines is 1. The van der Waals surface area contributed by atoms with Crippen LogP contribution in [0, 0.1) is 12.7 Å². The van der Waals surface area contributed by atoms with Gasteiger partial charge < -0.3 is 5.32 Å². The van der Waals surface area contributed by atoms with E-state index >= 15 is 0 Å². The third kappa shape index (κ3) is 2.47. The predicted octanol–water partition coefficient (Wildman–Crippen LogP) is 2.67. The summed E-state index contributed by atoms with van der Waals surface area (Å²) in [5.41, 5.74) is 2.35. The van der Waals surface area contributed by atoms with E-state index < -0.39 is 5.82 Å². The summed E-state index contributed by atoms with van der Waals surface area (Å²) in [6.45, 7) is 1.80. The van der Waals surface area contributed by atoms with Crippen molar-refractivity contribution >= 4 is 22.6 Å². The Morgan fingerprint density at radius 1 is 1.29 bits per heavy atom. The van der Waals surface area contributed by atoms with Crippen molar-refractivity contribution in [1.82, 2.24) is 14.8 Å². The molecular weight excluding hydrogens is 271 g/mol. The molecule has 0 bridgehead atoms. The van der Waals surface area contributed by atoms with E-state index in [2.05, 4.69) is 15.4 Å². The van der Waals surface area contributed by atoms with Crippen LogP contribution >= 0.6 is 0 Å². The largest absolute Gasteiger partial charge is 0.322 e. The topological polar surface area (TPSA) is 59.8 Å². The molecule has 0 aliphatic heterocycles. The molecule has 0 aliphatic carbocycles. The summed E-state index contributed by atoms with van der Waals surface area (Å²) in [6.07, 6.45) is 3.13. The zero-order valence-electron chi connectivity index (χ0n) is 11.6. The van der Waals surface area contributed by atoms with Crippen molar-refractivity contribution in [2.24, 2.45) is 7.05 Å². The monoisotopic (exact) mass is 284 g/mol. The van der Waals surface area contributed by atoms with Crippen LogP contribution in [0.2, 0.25) is 0 Å². The number of carbonyl (C=O) groups excluding carboxylic acids is 1. The molecule has 1 amide bonds. The van der Waals surface area contributed by atoms with E-state index in [-0.39, 0.29) is 5.91 Å². The van der Waals surface area contributed by atoms with Crippen molar-refractivity contribution in [3.05, 3.63) is 53.6 Å². The molecule has 21 heavy (non-hydrogen) atoms. The van der Waals surface area contributed by atoms with Crippen LogP contribution in [0.4, 0.5) is 10.1 Å². The highest BCUT2D eigenvalue weighted by atomic mass is 19.1.